The Morgan fingerprint density at radius 2 is 2.12 bits per heavy atom. The van der Waals surface area contributed by atoms with Gasteiger partial charge < -0.3 is 4.74 Å². The maximum absolute atomic E-state index is 12.2. The van der Waals surface area contributed by atoms with E-state index >= 15 is 0 Å². The number of halogens is 1. The summed E-state index contributed by atoms with van der Waals surface area (Å²) >= 11 is 5.95. The highest BCUT2D eigenvalue weighted by Gasteiger charge is 2.21. The molecule has 3 rings (SSSR count). The van der Waals surface area contributed by atoms with Gasteiger partial charge in [0.25, 0.3) is 0 Å². The fourth-order valence-electron chi connectivity index (χ4n) is 2.27. The molecule has 2 heterocycles. The van der Waals surface area contributed by atoms with Crippen LogP contribution in [0.5, 0.6) is 0 Å². The monoisotopic (exact) mass is 342 g/mol. The molecular weight excluding hydrogens is 328 g/mol. The van der Waals surface area contributed by atoms with Crippen molar-refractivity contribution in [1.29, 1.82) is 0 Å². The molecule has 6 nitrogen and oxygen atoms in total. The Kier molecular flexibility index (Phi) is 4.57. The van der Waals surface area contributed by atoms with Crippen LogP contribution in [0.1, 0.15) is 23.0 Å². The molecule has 0 amide bonds. The number of fused-ring (bicyclic) bond motifs is 1. The van der Waals surface area contributed by atoms with Crippen molar-refractivity contribution >= 4 is 34.7 Å². The topological polar surface area (TPSA) is 68.3 Å². The molecule has 1 aromatic carbocycles. The Hall–Kier alpha value is -2.73. The molecular formula is C17H15ClN4O2. The molecule has 0 unspecified atom stereocenters. The predicted molar refractivity (Wildman–Crippen MR) is 91.5 cm³/mol. The summed E-state index contributed by atoms with van der Waals surface area (Å²) in [7, 11) is 0. The lowest BCUT2D eigenvalue weighted by Gasteiger charge is -2.00. The third-order valence-electron chi connectivity index (χ3n) is 3.36. The Labute approximate surface area is 143 Å². The Morgan fingerprint density at radius 1 is 1.29 bits per heavy atom. The van der Waals surface area contributed by atoms with Gasteiger partial charge in [-0.3, -0.25) is 4.40 Å². The maximum Gasteiger partial charge on any atom is 0.360 e. The second kappa shape index (κ2) is 6.80. The van der Waals surface area contributed by atoms with Crippen molar-refractivity contribution in [2.75, 3.05) is 6.61 Å². The number of aryl methyl sites for hydroxylation is 1. The van der Waals surface area contributed by atoms with Gasteiger partial charge in [-0.2, -0.15) is 0 Å². The van der Waals surface area contributed by atoms with Gasteiger partial charge in [-0.05, 0) is 43.7 Å². The number of nitrogens with zero attached hydrogens (tertiary/aromatic N) is 4. The minimum absolute atomic E-state index is 0.136. The van der Waals surface area contributed by atoms with Crippen molar-refractivity contribution in [3.05, 3.63) is 58.9 Å². The molecule has 0 bridgehead atoms. The number of benzene rings is 1. The number of rotatable bonds is 4. The summed E-state index contributed by atoms with van der Waals surface area (Å²) in [5, 5.41) is 8.94. The second-order valence-corrected chi connectivity index (χ2v) is 5.51. The quantitative estimate of drug-likeness (QED) is 0.500. The second-order valence-electron chi connectivity index (χ2n) is 5.07. The van der Waals surface area contributed by atoms with E-state index in [0.29, 0.717) is 22.2 Å². The van der Waals surface area contributed by atoms with E-state index in [0.717, 1.165) is 5.56 Å². The highest BCUT2D eigenvalue weighted by molar-refractivity contribution is 6.30. The summed E-state index contributed by atoms with van der Waals surface area (Å²) in [6, 6.07) is 10.8. The molecule has 0 aliphatic rings. The first kappa shape index (κ1) is 16.1. The standard InChI is InChI=1S/C17H15ClN4O2/c1-3-24-17(23)14-16(21-20-13-8-4-7-12(18)10-13)22-9-5-6-11(2)15(22)19-14/h4-10H,3H2,1-2H3. The van der Waals surface area contributed by atoms with Crippen molar-refractivity contribution in [3.63, 3.8) is 0 Å². The van der Waals surface area contributed by atoms with Gasteiger partial charge in [0.1, 0.15) is 5.65 Å². The lowest BCUT2D eigenvalue weighted by Crippen LogP contribution is -2.05. The Bertz CT molecular complexity index is 933. The van der Waals surface area contributed by atoms with Gasteiger partial charge in [-0.25, -0.2) is 9.78 Å². The van der Waals surface area contributed by atoms with E-state index in [-0.39, 0.29) is 12.3 Å². The van der Waals surface area contributed by atoms with Crippen LogP contribution in [-0.4, -0.2) is 22.0 Å². The highest BCUT2D eigenvalue weighted by atomic mass is 35.5. The lowest BCUT2D eigenvalue weighted by atomic mass is 10.3. The van der Waals surface area contributed by atoms with Gasteiger partial charge >= 0.3 is 5.97 Å². The molecule has 0 saturated heterocycles. The molecule has 0 N–H and O–H groups in total. The van der Waals surface area contributed by atoms with E-state index in [9.17, 15) is 4.79 Å². The van der Waals surface area contributed by atoms with Crippen LogP contribution in [0.3, 0.4) is 0 Å². The molecule has 2 aromatic heterocycles. The maximum atomic E-state index is 12.2. The average Bonchev–Trinajstić information content (AvgIpc) is 2.93. The normalized spacial score (nSPS) is 11.3. The lowest BCUT2D eigenvalue weighted by molar-refractivity contribution is 0.0521. The highest BCUT2D eigenvalue weighted by Crippen LogP contribution is 2.27. The molecule has 0 spiro atoms. The summed E-state index contributed by atoms with van der Waals surface area (Å²) in [5.74, 6) is -0.201. The number of azo groups is 1. The van der Waals surface area contributed by atoms with Gasteiger partial charge in [0, 0.05) is 11.2 Å². The zero-order chi connectivity index (χ0) is 17.1. The van der Waals surface area contributed by atoms with Crippen LogP contribution in [0.4, 0.5) is 11.5 Å². The minimum atomic E-state index is -0.527. The van der Waals surface area contributed by atoms with E-state index in [1.807, 2.05) is 19.1 Å². The third-order valence-corrected chi connectivity index (χ3v) is 3.59. The van der Waals surface area contributed by atoms with Crippen molar-refractivity contribution in [1.82, 2.24) is 9.38 Å². The number of hydrogen-bond donors (Lipinski definition) is 0. The van der Waals surface area contributed by atoms with Gasteiger partial charge in [-0.1, -0.05) is 23.7 Å². The summed E-state index contributed by atoms with van der Waals surface area (Å²) in [6.07, 6.45) is 1.78. The van der Waals surface area contributed by atoms with E-state index in [1.54, 1.807) is 41.8 Å². The fraction of sp³-hybridized carbons (Fsp3) is 0.176. The summed E-state index contributed by atoms with van der Waals surface area (Å²) < 4.78 is 6.79. The van der Waals surface area contributed by atoms with Gasteiger partial charge in [0.15, 0.2) is 11.5 Å². The van der Waals surface area contributed by atoms with Gasteiger partial charge in [0.2, 0.25) is 0 Å². The number of esters is 1. The number of hydrogen-bond acceptors (Lipinski definition) is 5. The van der Waals surface area contributed by atoms with Crippen LogP contribution >= 0.6 is 11.6 Å². The zero-order valence-electron chi connectivity index (χ0n) is 13.2. The molecule has 0 aliphatic heterocycles. The van der Waals surface area contributed by atoms with Crippen molar-refractivity contribution in [2.24, 2.45) is 10.2 Å². The third kappa shape index (κ3) is 3.14. The van der Waals surface area contributed by atoms with Gasteiger partial charge in [-0.15, -0.1) is 10.2 Å². The number of carbonyl (C=O) groups is 1. The van der Waals surface area contributed by atoms with Crippen molar-refractivity contribution in [3.8, 4) is 0 Å². The molecule has 0 saturated carbocycles. The largest absolute Gasteiger partial charge is 0.461 e. The Morgan fingerprint density at radius 3 is 2.88 bits per heavy atom. The number of ether oxygens (including phenoxy) is 1. The predicted octanol–water partition coefficient (Wildman–Crippen LogP) is 4.89. The Balaban J connectivity index is 2.12. The minimum Gasteiger partial charge on any atom is -0.461 e. The molecule has 0 fully saturated rings. The van der Waals surface area contributed by atoms with E-state index in [4.69, 9.17) is 16.3 Å². The average molecular weight is 343 g/mol. The first-order valence-electron chi connectivity index (χ1n) is 7.42. The summed E-state index contributed by atoms with van der Waals surface area (Å²) in [5.41, 5.74) is 2.28. The number of imidazole rings is 1. The molecule has 0 atom stereocenters. The van der Waals surface area contributed by atoms with E-state index in [1.165, 1.54) is 0 Å². The molecule has 0 radical (unpaired) electrons. The number of pyridine rings is 1. The van der Waals surface area contributed by atoms with Crippen molar-refractivity contribution < 1.29 is 9.53 Å². The SMILES string of the molecule is CCOC(=O)c1nc2c(C)cccn2c1N=Nc1cccc(Cl)c1. The molecule has 7 heteroatoms. The molecule has 122 valence electrons. The van der Waals surface area contributed by atoms with Crippen LogP contribution < -0.4 is 0 Å². The molecule has 0 aliphatic carbocycles. The number of aromatic nitrogens is 2. The smallest absolute Gasteiger partial charge is 0.360 e. The van der Waals surface area contributed by atoms with Crippen LogP contribution in [0, 0.1) is 6.92 Å². The molecule has 3 aromatic rings. The van der Waals surface area contributed by atoms with Crippen LogP contribution in [-0.2, 0) is 4.74 Å². The van der Waals surface area contributed by atoms with Crippen LogP contribution in [0.2, 0.25) is 5.02 Å². The summed E-state index contributed by atoms with van der Waals surface area (Å²) in [6.45, 7) is 3.91. The van der Waals surface area contributed by atoms with Gasteiger partial charge in [0.05, 0.1) is 12.3 Å². The fourth-order valence-corrected chi connectivity index (χ4v) is 2.45. The molecule has 24 heavy (non-hydrogen) atoms. The van der Waals surface area contributed by atoms with Crippen molar-refractivity contribution in [2.45, 2.75) is 13.8 Å². The van der Waals surface area contributed by atoms with Crippen LogP contribution in [0.25, 0.3) is 5.65 Å². The van der Waals surface area contributed by atoms with Crippen LogP contribution in [0.15, 0.2) is 52.8 Å². The summed E-state index contributed by atoms with van der Waals surface area (Å²) in [4.78, 5) is 16.6. The zero-order valence-corrected chi connectivity index (χ0v) is 14.0. The van der Waals surface area contributed by atoms with E-state index in [2.05, 4.69) is 15.2 Å². The first-order valence-corrected chi connectivity index (χ1v) is 7.80. The number of carbonyl (C=O) groups excluding carboxylic acids is 1. The van der Waals surface area contributed by atoms with E-state index < -0.39 is 5.97 Å². The first-order chi connectivity index (χ1) is 11.6.